The van der Waals surface area contributed by atoms with Crippen molar-refractivity contribution in [1.82, 2.24) is 24.6 Å². The molecule has 0 amide bonds. The molecule has 0 aliphatic rings. The molecule has 1 atom stereocenters. The van der Waals surface area contributed by atoms with Gasteiger partial charge in [0.05, 0.1) is 11.7 Å². The highest BCUT2D eigenvalue weighted by Crippen LogP contribution is 2.22. The second kappa shape index (κ2) is 6.15. The molecule has 0 radical (unpaired) electrons. The fraction of sp³-hybridized carbons (Fsp3) is 0.294. The van der Waals surface area contributed by atoms with Gasteiger partial charge >= 0.3 is 0 Å². The van der Waals surface area contributed by atoms with Crippen molar-refractivity contribution in [2.45, 2.75) is 19.5 Å². The molecule has 2 aromatic heterocycles. The molecule has 0 aliphatic heterocycles. The molecule has 1 N–H and O–H groups in total. The molecule has 0 spiro atoms. The van der Waals surface area contributed by atoms with E-state index in [9.17, 15) is 0 Å². The minimum atomic E-state index is 0.184. The molecule has 5 heteroatoms. The summed E-state index contributed by atoms with van der Waals surface area (Å²) < 4.78 is 3.91. The number of nitrogens with zero attached hydrogens (tertiary/aromatic N) is 4. The Kier molecular flexibility index (Phi) is 4.06. The number of aromatic nitrogens is 4. The number of nitrogens with one attached hydrogen (secondary N) is 1. The van der Waals surface area contributed by atoms with Crippen molar-refractivity contribution < 1.29 is 0 Å². The van der Waals surface area contributed by atoms with Crippen LogP contribution in [0.4, 0.5) is 0 Å². The molecular formula is C17H21N5. The van der Waals surface area contributed by atoms with Gasteiger partial charge < -0.3 is 9.88 Å². The Bertz CT molecular complexity index is 742. The molecule has 1 aromatic carbocycles. The third-order valence-corrected chi connectivity index (χ3v) is 3.80. The zero-order valence-corrected chi connectivity index (χ0v) is 13.2. The topological polar surface area (TPSA) is 47.7 Å². The normalized spacial score (nSPS) is 12.5. The fourth-order valence-corrected chi connectivity index (χ4v) is 2.65. The summed E-state index contributed by atoms with van der Waals surface area (Å²) in [5.74, 6) is 1.03. The van der Waals surface area contributed by atoms with Crippen LogP contribution in [0.5, 0.6) is 0 Å². The van der Waals surface area contributed by atoms with Crippen molar-refractivity contribution >= 4 is 0 Å². The lowest BCUT2D eigenvalue weighted by molar-refractivity contribution is 0.530. The first-order valence-corrected chi connectivity index (χ1v) is 7.43. The maximum absolute atomic E-state index is 4.59. The van der Waals surface area contributed by atoms with E-state index in [-0.39, 0.29) is 6.04 Å². The molecule has 3 rings (SSSR count). The number of imidazole rings is 1. The van der Waals surface area contributed by atoms with Crippen LogP contribution >= 0.6 is 0 Å². The van der Waals surface area contributed by atoms with Crippen LogP contribution in [0.3, 0.4) is 0 Å². The highest BCUT2D eigenvalue weighted by atomic mass is 15.3. The number of rotatable bonds is 5. The van der Waals surface area contributed by atoms with E-state index in [0.717, 1.165) is 23.6 Å². The number of aryl methyl sites for hydroxylation is 2. The summed E-state index contributed by atoms with van der Waals surface area (Å²) in [6, 6.07) is 10.5. The van der Waals surface area contributed by atoms with Gasteiger partial charge in [0.1, 0.15) is 5.82 Å². The van der Waals surface area contributed by atoms with Gasteiger partial charge in [-0.3, -0.25) is 4.68 Å². The fourth-order valence-electron chi connectivity index (χ4n) is 2.65. The SMILES string of the molecule is CC(NCc1cn(C)nc1-c1ccccc1)c1nccn1C. The molecule has 2 heterocycles. The van der Waals surface area contributed by atoms with Crippen LogP contribution in [0.1, 0.15) is 24.4 Å². The molecular weight excluding hydrogens is 274 g/mol. The average molecular weight is 295 g/mol. The van der Waals surface area contributed by atoms with Gasteiger partial charge in [-0.2, -0.15) is 5.10 Å². The van der Waals surface area contributed by atoms with Gasteiger partial charge in [-0.1, -0.05) is 30.3 Å². The van der Waals surface area contributed by atoms with E-state index in [0.29, 0.717) is 0 Å². The van der Waals surface area contributed by atoms with Crippen LogP contribution in [0.15, 0.2) is 48.9 Å². The molecule has 22 heavy (non-hydrogen) atoms. The van der Waals surface area contributed by atoms with E-state index in [1.807, 2.05) is 53.9 Å². The highest BCUT2D eigenvalue weighted by molar-refractivity contribution is 5.62. The minimum Gasteiger partial charge on any atom is -0.337 e. The Labute approximate surface area is 130 Å². The van der Waals surface area contributed by atoms with E-state index in [1.165, 1.54) is 5.56 Å². The maximum Gasteiger partial charge on any atom is 0.125 e. The second-order valence-electron chi connectivity index (χ2n) is 5.54. The first-order valence-electron chi connectivity index (χ1n) is 7.43. The van der Waals surface area contributed by atoms with Crippen molar-refractivity contribution in [3.05, 3.63) is 60.3 Å². The zero-order chi connectivity index (χ0) is 15.5. The third kappa shape index (κ3) is 2.94. The second-order valence-corrected chi connectivity index (χ2v) is 5.54. The lowest BCUT2D eigenvalue weighted by atomic mass is 10.1. The maximum atomic E-state index is 4.59. The molecule has 114 valence electrons. The van der Waals surface area contributed by atoms with Crippen molar-refractivity contribution in [1.29, 1.82) is 0 Å². The van der Waals surface area contributed by atoms with Crippen LogP contribution < -0.4 is 5.32 Å². The summed E-state index contributed by atoms with van der Waals surface area (Å²) in [5, 5.41) is 8.12. The molecule has 0 saturated carbocycles. The summed E-state index contributed by atoms with van der Waals surface area (Å²) in [6.45, 7) is 2.88. The van der Waals surface area contributed by atoms with E-state index in [4.69, 9.17) is 0 Å². The first kappa shape index (κ1) is 14.5. The van der Waals surface area contributed by atoms with Crippen LogP contribution in [0, 0.1) is 0 Å². The molecule has 0 aliphatic carbocycles. The van der Waals surface area contributed by atoms with Gasteiger partial charge in [-0.05, 0) is 6.92 Å². The molecule has 0 fully saturated rings. The minimum absolute atomic E-state index is 0.184. The summed E-state index contributed by atoms with van der Waals surface area (Å²) in [7, 11) is 3.97. The average Bonchev–Trinajstić information content (AvgIpc) is 3.11. The Hall–Kier alpha value is -2.40. The number of hydrogen-bond acceptors (Lipinski definition) is 3. The Morgan fingerprint density at radius 1 is 1.18 bits per heavy atom. The zero-order valence-electron chi connectivity index (χ0n) is 13.2. The standard InChI is InChI=1S/C17H21N5/c1-13(17-18-9-10-21(17)2)19-11-15-12-22(3)20-16(15)14-7-5-4-6-8-14/h4-10,12-13,19H,11H2,1-3H3. The molecule has 1 unspecified atom stereocenters. The van der Waals surface area contributed by atoms with Crippen LogP contribution in [0.25, 0.3) is 11.3 Å². The van der Waals surface area contributed by atoms with E-state index in [2.05, 4.69) is 40.7 Å². The Balaban J connectivity index is 1.77. The van der Waals surface area contributed by atoms with Crippen molar-refractivity contribution in [3.8, 4) is 11.3 Å². The molecule has 0 bridgehead atoms. The van der Waals surface area contributed by atoms with Crippen LogP contribution in [-0.4, -0.2) is 19.3 Å². The quantitative estimate of drug-likeness (QED) is 0.787. The van der Waals surface area contributed by atoms with Gasteiger partial charge in [-0.15, -0.1) is 0 Å². The predicted molar refractivity (Wildman–Crippen MR) is 87.1 cm³/mol. The van der Waals surface area contributed by atoms with Gasteiger partial charge in [-0.25, -0.2) is 4.98 Å². The number of benzene rings is 1. The largest absolute Gasteiger partial charge is 0.337 e. The predicted octanol–water partition coefficient (Wildman–Crippen LogP) is 2.67. The first-order chi connectivity index (χ1) is 10.6. The summed E-state index contributed by atoms with van der Waals surface area (Å²) in [4.78, 5) is 4.39. The molecule has 0 saturated heterocycles. The van der Waals surface area contributed by atoms with E-state index >= 15 is 0 Å². The lowest BCUT2D eigenvalue weighted by Gasteiger charge is -2.13. The summed E-state index contributed by atoms with van der Waals surface area (Å²) in [5.41, 5.74) is 3.36. The van der Waals surface area contributed by atoms with Gasteiger partial charge in [0.15, 0.2) is 0 Å². The van der Waals surface area contributed by atoms with Crippen molar-refractivity contribution in [3.63, 3.8) is 0 Å². The molecule has 3 aromatic rings. The highest BCUT2D eigenvalue weighted by Gasteiger charge is 2.13. The van der Waals surface area contributed by atoms with Crippen molar-refractivity contribution in [2.24, 2.45) is 14.1 Å². The lowest BCUT2D eigenvalue weighted by Crippen LogP contribution is -2.21. The summed E-state index contributed by atoms with van der Waals surface area (Å²) >= 11 is 0. The van der Waals surface area contributed by atoms with Crippen molar-refractivity contribution in [2.75, 3.05) is 0 Å². The van der Waals surface area contributed by atoms with E-state index in [1.54, 1.807) is 0 Å². The third-order valence-electron chi connectivity index (χ3n) is 3.80. The smallest absolute Gasteiger partial charge is 0.125 e. The number of hydrogen-bond donors (Lipinski definition) is 1. The van der Waals surface area contributed by atoms with Gasteiger partial charge in [0.2, 0.25) is 0 Å². The monoisotopic (exact) mass is 295 g/mol. The molecule has 5 nitrogen and oxygen atoms in total. The van der Waals surface area contributed by atoms with Gasteiger partial charge in [0.25, 0.3) is 0 Å². The van der Waals surface area contributed by atoms with Gasteiger partial charge in [0, 0.05) is 50.4 Å². The van der Waals surface area contributed by atoms with Crippen LogP contribution in [0.2, 0.25) is 0 Å². The van der Waals surface area contributed by atoms with Crippen LogP contribution in [-0.2, 0) is 20.6 Å². The van der Waals surface area contributed by atoms with E-state index < -0.39 is 0 Å². The Morgan fingerprint density at radius 3 is 2.64 bits per heavy atom. The Morgan fingerprint density at radius 2 is 1.95 bits per heavy atom. The summed E-state index contributed by atoms with van der Waals surface area (Å²) in [6.07, 6.45) is 5.86.